The van der Waals surface area contributed by atoms with Crippen molar-refractivity contribution < 1.29 is 0 Å². The van der Waals surface area contributed by atoms with Gasteiger partial charge >= 0.3 is 0 Å². The van der Waals surface area contributed by atoms with Crippen molar-refractivity contribution >= 4 is 0 Å². The van der Waals surface area contributed by atoms with Crippen LogP contribution in [0.1, 0.15) is 47.0 Å². The fourth-order valence-corrected chi connectivity index (χ4v) is 2.41. The molecule has 0 radical (unpaired) electrons. The average molecular weight is 224 g/mol. The van der Waals surface area contributed by atoms with E-state index in [9.17, 15) is 0 Å². The van der Waals surface area contributed by atoms with Gasteiger partial charge in [-0.2, -0.15) is 0 Å². The maximum atomic E-state index is 3.87. The molecule has 0 aromatic rings. The fourth-order valence-electron chi connectivity index (χ4n) is 2.41. The highest BCUT2D eigenvalue weighted by atomic mass is 15.2. The maximum absolute atomic E-state index is 3.87. The van der Waals surface area contributed by atoms with E-state index >= 15 is 0 Å². The molecule has 1 heterocycles. The van der Waals surface area contributed by atoms with Crippen molar-refractivity contribution in [2.75, 3.05) is 19.6 Å². The minimum Gasteiger partial charge on any atom is -0.310 e. The van der Waals surface area contributed by atoms with Gasteiger partial charge in [0.2, 0.25) is 0 Å². The van der Waals surface area contributed by atoms with Crippen molar-refractivity contribution in [1.29, 1.82) is 0 Å². The summed E-state index contributed by atoms with van der Waals surface area (Å²) in [6.07, 6.45) is 5.98. The molecular formula is C14H28N2. The van der Waals surface area contributed by atoms with Crippen molar-refractivity contribution in [2.45, 2.75) is 58.0 Å². The SMILES string of the molecule is C=CCN(CC1(C)CCCCN1)C(C)(C)C. The molecule has 2 heteroatoms. The highest BCUT2D eigenvalue weighted by Gasteiger charge is 2.32. The number of hydrogen-bond donors (Lipinski definition) is 1. The van der Waals surface area contributed by atoms with E-state index in [1.54, 1.807) is 0 Å². The molecule has 1 atom stereocenters. The van der Waals surface area contributed by atoms with Crippen LogP contribution in [0.4, 0.5) is 0 Å². The molecule has 1 N–H and O–H groups in total. The van der Waals surface area contributed by atoms with Crippen LogP contribution < -0.4 is 5.32 Å². The van der Waals surface area contributed by atoms with Gasteiger partial charge in [-0.1, -0.05) is 12.5 Å². The van der Waals surface area contributed by atoms with Crippen LogP contribution in [-0.4, -0.2) is 35.6 Å². The Hall–Kier alpha value is -0.340. The van der Waals surface area contributed by atoms with Gasteiger partial charge in [0.05, 0.1) is 0 Å². The first-order valence-corrected chi connectivity index (χ1v) is 6.48. The van der Waals surface area contributed by atoms with Crippen molar-refractivity contribution in [3.05, 3.63) is 12.7 Å². The third kappa shape index (κ3) is 3.91. The predicted molar refractivity (Wildman–Crippen MR) is 71.8 cm³/mol. The number of nitrogens with zero attached hydrogens (tertiary/aromatic N) is 1. The molecule has 0 aliphatic carbocycles. The van der Waals surface area contributed by atoms with Gasteiger partial charge in [-0.05, 0) is 47.1 Å². The molecule has 0 aromatic heterocycles. The smallest absolute Gasteiger partial charge is 0.0280 e. The second-order valence-electron chi connectivity index (χ2n) is 6.28. The number of piperidine rings is 1. The van der Waals surface area contributed by atoms with Gasteiger partial charge in [0.1, 0.15) is 0 Å². The summed E-state index contributed by atoms with van der Waals surface area (Å²) in [4.78, 5) is 2.51. The summed E-state index contributed by atoms with van der Waals surface area (Å²) in [6.45, 7) is 16.3. The highest BCUT2D eigenvalue weighted by Crippen LogP contribution is 2.23. The first-order valence-electron chi connectivity index (χ1n) is 6.48. The maximum Gasteiger partial charge on any atom is 0.0280 e. The molecule has 0 amide bonds. The summed E-state index contributed by atoms with van der Waals surface area (Å²) in [7, 11) is 0. The Labute approximate surface area is 101 Å². The molecule has 1 saturated heterocycles. The molecule has 1 aliphatic rings. The summed E-state index contributed by atoms with van der Waals surface area (Å²) in [6, 6.07) is 0. The Bertz CT molecular complexity index is 221. The zero-order valence-electron chi connectivity index (χ0n) is 11.5. The number of hydrogen-bond acceptors (Lipinski definition) is 2. The Morgan fingerprint density at radius 2 is 2.06 bits per heavy atom. The third-order valence-corrected chi connectivity index (χ3v) is 3.55. The summed E-state index contributed by atoms with van der Waals surface area (Å²) in [5, 5.41) is 3.68. The molecule has 16 heavy (non-hydrogen) atoms. The lowest BCUT2D eigenvalue weighted by Gasteiger charge is -2.44. The first kappa shape index (κ1) is 13.7. The van der Waals surface area contributed by atoms with E-state index in [1.165, 1.54) is 25.8 Å². The fraction of sp³-hybridized carbons (Fsp3) is 0.857. The first-order chi connectivity index (χ1) is 7.37. The van der Waals surface area contributed by atoms with Gasteiger partial charge < -0.3 is 5.32 Å². The minimum atomic E-state index is 0.219. The monoisotopic (exact) mass is 224 g/mol. The van der Waals surface area contributed by atoms with Crippen LogP contribution >= 0.6 is 0 Å². The van der Waals surface area contributed by atoms with Gasteiger partial charge in [0.15, 0.2) is 0 Å². The van der Waals surface area contributed by atoms with E-state index in [4.69, 9.17) is 0 Å². The van der Waals surface area contributed by atoms with Crippen LogP contribution in [0, 0.1) is 0 Å². The molecular weight excluding hydrogens is 196 g/mol. The van der Waals surface area contributed by atoms with E-state index in [0.717, 1.165) is 13.1 Å². The lowest BCUT2D eigenvalue weighted by molar-refractivity contribution is 0.0956. The van der Waals surface area contributed by atoms with Gasteiger partial charge in [0.25, 0.3) is 0 Å². The van der Waals surface area contributed by atoms with Gasteiger partial charge in [-0.25, -0.2) is 0 Å². The standard InChI is InChI=1S/C14H28N2/c1-6-11-16(13(2,3)4)12-14(5)9-7-8-10-15-14/h6,15H,1,7-12H2,2-5H3. The largest absolute Gasteiger partial charge is 0.310 e. The Morgan fingerprint density at radius 3 is 2.50 bits per heavy atom. The molecule has 1 unspecified atom stereocenters. The van der Waals surface area contributed by atoms with Crippen LogP contribution in [0.3, 0.4) is 0 Å². The van der Waals surface area contributed by atoms with Crippen molar-refractivity contribution in [2.24, 2.45) is 0 Å². The number of nitrogens with one attached hydrogen (secondary N) is 1. The van der Waals surface area contributed by atoms with Crippen molar-refractivity contribution in [3.63, 3.8) is 0 Å². The zero-order chi connectivity index (χ0) is 12.2. The van der Waals surface area contributed by atoms with Crippen molar-refractivity contribution in [3.8, 4) is 0 Å². The molecule has 0 aromatic carbocycles. The quantitative estimate of drug-likeness (QED) is 0.739. The highest BCUT2D eigenvalue weighted by molar-refractivity contribution is 4.94. The summed E-state index contributed by atoms with van der Waals surface area (Å²) >= 11 is 0. The van der Waals surface area contributed by atoms with Gasteiger partial charge in [0, 0.05) is 24.2 Å². The molecule has 94 valence electrons. The van der Waals surface area contributed by atoms with E-state index < -0.39 is 0 Å². The Morgan fingerprint density at radius 1 is 1.38 bits per heavy atom. The zero-order valence-corrected chi connectivity index (χ0v) is 11.5. The third-order valence-electron chi connectivity index (χ3n) is 3.55. The van der Waals surface area contributed by atoms with Crippen LogP contribution in [0.15, 0.2) is 12.7 Å². The van der Waals surface area contributed by atoms with Crippen LogP contribution in [0.5, 0.6) is 0 Å². The second-order valence-corrected chi connectivity index (χ2v) is 6.28. The van der Waals surface area contributed by atoms with E-state index in [1.807, 2.05) is 6.08 Å². The molecule has 2 nitrogen and oxygen atoms in total. The molecule has 1 rings (SSSR count). The average Bonchev–Trinajstić information content (AvgIpc) is 2.16. The molecule has 0 spiro atoms. The normalized spacial score (nSPS) is 27.1. The Balaban J connectivity index is 2.62. The molecule has 1 aliphatic heterocycles. The predicted octanol–water partition coefficient (Wildman–Crippen LogP) is 2.81. The molecule has 1 fully saturated rings. The molecule has 0 bridgehead atoms. The van der Waals surface area contributed by atoms with Crippen LogP contribution in [0.2, 0.25) is 0 Å². The summed E-state index contributed by atoms with van der Waals surface area (Å²) in [5.74, 6) is 0. The van der Waals surface area contributed by atoms with E-state index in [-0.39, 0.29) is 11.1 Å². The molecule has 0 saturated carbocycles. The lowest BCUT2D eigenvalue weighted by atomic mass is 9.89. The van der Waals surface area contributed by atoms with E-state index in [2.05, 4.69) is 44.5 Å². The van der Waals surface area contributed by atoms with Gasteiger partial charge in [-0.3, -0.25) is 4.90 Å². The van der Waals surface area contributed by atoms with Gasteiger partial charge in [-0.15, -0.1) is 6.58 Å². The lowest BCUT2D eigenvalue weighted by Crippen LogP contribution is -2.57. The van der Waals surface area contributed by atoms with E-state index in [0.29, 0.717) is 0 Å². The van der Waals surface area contributed by atoms with Crippen LogP contribution in [0.25, 0.3) is 0 Å². The summed E-state index contributed by atoms with van der Waals surface area (Å²) in [5.41, 5.74) is 0.505. The number of rotatable bonds is 4. The minimum absolute atomic E-state index is 0.219. The van der Waals surface area contributed by atoms with Crippen molar-refractivity contribution in [1.82, 2.24) is 10.2 Å². The Kier molecular flexibility index (Phi) is 4.57. The second kappa shape index (κ2) is 5.33. The summed E-state index contributed by atoms with van der Waals surface area (Å²) < 4.78 is 0. The topological polar surface area (TPSA) is 15.3 Å². The van der Waals surface area contributed by atoms with Crippen LogP contribution in [-0.2, 0) is 0 Å².